The van der Waals surface area contributed by atoms with Crippen molar-refractivity contribution in [2.24, 2.45) is 0 Å². The van der Waals surface area contributed by atoms with Crippen LogP contribution in [-0.4, -0.2) is 36.5 Å². The van der Waals surface area contributed by atoms with Crippen LogP contribution in [0.4, 0.5) is 4.79 Å². The molecule has 1 aromatic rings. The molecule has 5 heteroatoms. The monoisotopic (exact) mass is 303 g/mol. The second-order valence-electron chi connectivity index (χ2n) is 6.10. The van der Waals surface area contributed by atoms with Gasteiger partial charge in [-0.2, -0.15) is 0 Å². The maximum atomic E-state index is 11.9. The topological polar surface area (TPSA) is 61.4 Å². The molecule has 0 saturated heterocycles. The standard InChI is InChI=1S/C17H25N3O2/c1-13-7-3-4-8-14(13)11-20(2)12-16(21)19-17(22)18-15-9-5-6-10-15/h3-4,7-8,15H,5-6,9-12H2,1-2H3,(H2,18,19,21,22). The highest BCUT2D eigenvalue weighted by Crippen LogP contribution is 2.17. The van der Waals surface area contributed by atoms with Gasteiger partial charge in [-0.3, -0.25) is 15.0 Å². The summed E-state index contributed by atoms with van der Waals surface area (Å²) < 4.78 is 0. The third kappa shape index (κ3) is 5.15. The number of likely N-dealkylation sites (N-methyl/N-ethyl adjacent to an activating group) is 1. The lowest BCUT2D eigenvalue weighted by Gasteiger charge is -2.18. The van der Waals surface area contributed by atoms with Crippen LogP contribution >= 0.6 is 0 Å². The van der Waals surface area contributed by atoms with E-state index in [1.165, 1.54) is 11.1 Å². The zero-order valence-electron chi connectivity index (χ0n) is 13.4. The number of carbonyl (C=O) groups excluding carboxylic acids is 2. The first kappa shape index (κ1) is 16.5. The fourth-order valence-electron chi connectivity index (χ4n) is 2.84. The second-order valence-corrected chi connectivity index (χ2v) is 6.10. The van der Waals surface area contributed by atoms with E-state index in [9.17, 15) is 9.59 Å². The van der Waals surface area contributed by atoms with Crippen LogP contribution in [0.1, 0.15) is 36.8 Å². The Morgan fingerprint density at radius 1 is 1.23 bits per heavy atom. The number of imide groups is 1. The molecule has 0 unspecified atom stereocenters. The molecule has 0 atom stereocenters. The van der Waals surface area contributed by atoms with E-state index in [4.69, 9.17) is 0 Å². The minimum absolute atomic E-state index is 0.201. The average molecular weight is 303 g/mol. The van der Waals surface area contributed by atoms with Crippen molar-refractivity contribution in [2.75, 3.05) is 13.6 Å². The van der Waals surface area contributed by atoms with Gasteiger partial charge in [-0.15, -0.1) is 0 Å². The van der Waals surface area contributed by atoms with Gasteiger partial charge in [0.05, 0.1) is 6.54 Å². The lowest BCUT2D eigenvalue weighted by molar-refractivity contribution is -0.121. The van der Waals surface area contributed by atoms with Crippen molar-refractivity contribution in [1.29, 1.82) is 0 Å². The van der Waals surface area contributed by atoms with E-state index in [0.717, 1.165) is 25.7 Å². The van der Waals surface area contributed by atoms with Crippen LogP contribution in [-0.2, 0) is 11.3 Å². The first-order valence-electron chi connectivity index (χ1n) is 7.88. The van der Waals surface area contributed by atoms with Gasteiger partial charge in [0, 0.05) is 12.6 Å². The molecule has 2 N–H and O–H groups in total. The zero-order valence-corrected chi connectivity index (χ0v) is 13.4. The Balaban J connectivity index is 1.73. The predicted molar refractivity (Wildman–Crippen MR) is 86.4 cm³/mol. The lowest BCUT2D eigenvalue weighted by atomic mass is 10.1. The summed E-state index contributed by atoms with van der Waals surface area (Å²) in [6.45, 7) is 2.94. The van der Waals surface area contributed by atoms with Gasteiger partial charge in [0.2, 0.25) is 5.91 Å². The molecule has 1 aromatic carbocycles. The molecular weight excluding hydrogens is 278 g/mol. The molecule has 1 aliphatic rings. The molecule has 0 aliphatic heterocycles. The van der Waals surface area contributed by atoms with E-state index < -0.39 is 0 Å². The van der Waals surface area contributed by atoms with Crippen molar-refractivity contribution in [3.05, 3.63) is 35.4 Å². The van der Waals surface area contributed by atoms with Gasteiger partial charge in [0.1, 0.15) is 0 Å². The smallest absolute Gasteiger partial charge is 0.321 e. The van der Waals surface area contributed by atoms with Crippen LogP contribution in [0, 0.1) is 6.92 Å². The summed E-state index contributed by atoms with van der Waals surface area (Å²) in [5.41, 5.74) is 2.39. The van der Waals surface area contributed by atoms with Gasteiger partial charge in [0.25, 0.3) is 0 Å². The van der Waals surface area contributed by atoms with Crippen molar-refractivity contribution in [1.82, 2.24) is 15.5 Å². The Kier molecular flexibility index (Phi) is 5.95. The van der Waals surface area contributed by atoms with E-state index in [-0.39, 0.29) is 24.5 Å². The molecule has 120 valence electrons. The molecule has 5 nitrogen and oxygen atoms in total. The van der Waals surface area contributed by atoms with E-state index in [1.807, 2.05) is 24.1 Å². The quantitative estimate of drug-likeness (QED) is 0.876. The number of amides is 3. The molecule has 0 radical (unpaired) electrons. The van der Waals surface area contributed by atoms with Crippen LogP contribution in [0.15, 0.2) is 24.3 Å². The maximum Gasteiger partial charge on any atom is 0.321 e. The summed E-state index contributed by atoms with van der Waals surface area (Å²) in [6.07, 6.45) is 4.32. The van der Waals surface area contributed by atoms with E-state index >= 15 is 0 Å². The van der Waals surface area contributed by atoms with Crippen molar-refractivity contribution in [2.45, 2.75) is 45.2 Å². The average Bonchev–Trinajstić information content (AvgIpc) is 2.93. The first-order valence-corrected chi connectivity index (χ1v) is 7.88. The molecule has 2 rings (SSSR count). The summed E-state index contributed by atoms with van der Waals surface area (Å²) in [5.74, 6) is -0.272. The minimum atomic E-state index is -0.374. The van der Waals surface area contributed by atoms with Gasteiger partial charge in [-0.1, -0.05) is 37.1 Å². The van der Waals surface area contributed by atoms with Crippen molar-refractivity contribution in [3.63, 3.8) is 0 Å². The fraction of sp³-hybridized carbons (Fsp3) is 0.529. The minimum Gasteiger partial charge on any atom is -0.335 e. The maximum absolute atomic E-state index is 11.9. The van der Waals surface area contributed by atoms with Crippen LogP contribution in [0.25, 0.3) is 0 Å². The van der Waals surface area contributed by atoms with Crippen LogP contribution in [0.2, 0.25) is 0 Å². The molecule has 0 spiro atoms. The molecule has 0 heterocycles. The highest BCUT2D eigenvalue weighted by Gasteiger charge is 2.18. The molecule has 3 amide bonds. The summed E-state index contributed by atoms with van der Waals surface area (Å²) >= 11 is 0. The highest BCUT2D eigenvalue weighted by atomic mass is 16.2. The Bertz CT molecular complexity index is 524. The Labute approximate surface area is 132 Å². The third-order valence-electron chi connectivity index (χ3n) is 4.06. The van der Waals surface area contributed by atoms with Crippen molar-refractivity contribution in [3.8, 4) is 0 Å². The lowest BCUT2D eigenvalue weighted by Crippen LogP contribution is -2.46. The van der Waals surface area contributed by atoms with Crippen LogP contribution < -0.4 is 10.6 Å². The zero-order chi connectivity index (χ0) is 15.9. The Morgan fingerprint density at radius 3 is 2.59 bits per heavy atom. The number of rotatable bonds is 5. The number of carbonyl (C=O) groups is 2. The van der Waals surface area contributed by atoms with Crippen molar-refractivity contribution < 1.29 is 9.59 Å². The molecule has 1 fully saturated rings. The Morgan fingerprint density at radius 2 is 1.91 bits per heavy atom. The predicted octanol–water partition coefficient (Wildman–Crippen LogP) is 2.20. The van der Waals surface area contributed by atoms with E-state index in [2.05, 4.69) is 29.7 Å². The molecular formula is C17H25N3O2. The van der Waals surface area contributed by atoms with Crippen LogP contribution in [0.3, 0.4) is 0 Å². The van der Waals surface area contributed by atoms with E-state index in [0.29, 0.717) is 6.54 Å². The van der Waals surface area contributed by atoms with Gasteiger partial charge in [-0.05, 0) is 37.9 Å². The number of aryl methyl sites for hydroxylation is 1. The van der Waals surface area contributed by atoms with Gasteiger partial charge >= 0.3 is 6.03 Å². The molecule has 1 aliphatic carbocycles. The van der Waals surface area contributed by atoms with Gasteiger partial charge < -0.3 is 5.32 Å². The summed E-state index contributed by atoms with van der Waals surface area (Å²) in [6, 6.07) is 7.94. The number of benzene rings is 1. The number of urea groups is 1. The SMILES string of the molecule is Cc1ccccc1CN(C)CC(=O)NC(=O)NC1CCCC1. The molecule has 0 bridgehead atoms. The van der Waals surface area contributed by atoms with E-state index in [1.54, 1.807) is 0 Å². The molecule has 22 heavy (non-hydrogen) atoms. The summed E-state index contributed by atoms with van der Waals surface area (Å²) in [4.78, 5) is 25.5. The Hall–Kier alpha value is -1.88. The number of hydrogen-bond donors (Lipinski definition) is 2. The fourth-order valence-corrected chi connectivity index (χ4v) is 2.84. The third-order valence-corrected chi connectivity index (χ3v) is 4.06. The second kappa shape index (κ2) is 7.94. The summed E-state index contributed by atoms with van der Waals surface area (Å²) in [5, 5.41) is 5.26. The number of nitrogens with zero attached hydrogens (tertiary/aromatic N) is 1. The largest absolute Gasteiger partial charge is 0.335 e. The molecule has 0 aromatic heterocycles. The van der Waals surface area contributed by atoms with Crippen LogP contribution in [0.5, 0.6) is 0 Å². The first-order chi connectivity index (χ1) is 10.5. The normalized spacial score (nSPS) is 15.0. The molecule has 1 saturated carbocycles. The number of nitrogens with one attached hydrogen (secondary N) is 2. The highest BCUT2D eigenvalue weighted by molar-refractivity contribution is 5.95. The summed E-state index contributed by atoms with van der Waals surface area (Å²) in [7, 11) is 1.88. The van der Waals surface area contributed by atoms with Crippen molar-refractivity contribution >= 4 is 11.9 Å². The van der Waals surface area contributed by atoms with Gasteiger partial charge in [-0.25, -0.2) is 4.79 Å². The van der Waals surface area contributed by atoms with Gasteiger partial charge in [0.15, 0.2) is 0 Å². The number of hydrogen-bond acceptors (Lipinski definition) is 3.